The maximum Gasteiger partial charge on any atom is 0.248 e. The summed E-state index contributed by atoms with van der Waals surface area (Å²) in [5.74, 6) is 0.102. The minimum Gasteiger partial charge on any atom is -0.506 e. The van der Waals surface area contributed by atoms with Gasteiger partial charge in [0.1, 0.15) is 5.75 Å². The first-order valence-corrected chi connectivity index (χ1v) is 9.27. The number of allylic oxidation sites excluding steroid dienone is 1. The van der Waals surface area contributed by atoms with Gasteiger partial charge in [-0.3, -0.25) is 4.79 Å². The minimum atomic E-state index is -0.209. The summed E-state index contributed by atoms with van der Waals surface area (Å²) in [5.41, 5.74) is 6.59. The molecule has 0 bridgehead atoms. The predicted octanol–water partition coefficient (Wildman–Crippen LogP) is 4.22. The van der Waals surface area contributed by atoms with Gasteiger partial charge < -0.3 is 15.4 Å². The van der Waals surface area contributed by atoms with Gasteiger partial charge in [-0.25, -0.2) is 0 Å². The van der Waals surface area contributed by atoms with Gasteiger partial charge in [0.2, 0.25) is 5.56 Å². The first-order valence-electron chi connectivity index (χ1n) is 9.27. The molecule has 0 amide bonds. The number of phenolic OH excluding ortho intramolecular Hbond substituents is 1. The van der Waals surface area contributed by atoms with E-state index in [0.717, 1.165) is 30.5 Å². The molecule has 2 aromatic carbocycles. The van der Waals surface area contributed by atoms with E-state index in [2.05, 4.69) is 48.4 Å². The lowest BCUT2D eigenvalue weighted by Crippen LogP contribution is -2.18. The number of aromatic hydroxyl groups is 1. The highest BCUT2D eigenvalue weighted by molar-refractivity contribution is 5.87. The number of aromatic amines is 1. The van der Waals surface area contributed by atoms with E-state index >= 15 is 0 Å². The molecule has 0 aliphatic rings. The Bertz CT molecular complexity index is 1050. The summed E-state index contributed by atoms with van der Waals surface area (Å²) in [6.07, 6.45) is 5.06. The van der Waals surface area contributed by atoms with Crippen molar-refractivity contribution in [1.29, 1.82) is 0 Å². The van der Waals surface area contributed by atoms with Crippen molar-refractivity contribution in [3.63, 3.8) is 0 Å². The summed E-state index contributed by atoms with van der Waals surface area (Å²) in [6.45, 7) is 7.95. The van der Waals surface area contributed by atoms with Crippen LogP contribution >= 0.6 is 0 Å². The maximum absolute atomic E-state index is 11.5. The van der Waals surface area contributed by atoms with E-state index in [4.69, 9.17) is 0 Å². The smallest absolute Gasteiger partial charge is 0.248 e. The predicted molar refractivity (Wildman–Crippen MR) is 112 cm³/mol. The lowest BCUT2D eigenvalue weighted by molar-refractivity contribution is 0.480. The van der Waals surface area contributed by atoms with Crippen LogP contribution in [0, 0.1) is 13.8 Å². The number of fused-ring (bicyclic) bond motifs is 1. The van der Waals surface area contributed by atoms with Gasteiger partial charge in [0.25, 0.3) is 0 Å². The normalized spacial score (nSPS) is 11.5. The van der Waals surface area contributed by atoms with Crippen molar-refractivity contribution < 1.29 is 5.11 Å². The molecule has 0 radical (unpaired) electrons. The number of phenols is 1. The van der Waals surface area contributed by atoms with Crippen LogP contribution in [0.15, 0.2) is 47.3 Å². The fourth-order valence-electron chi connectivity index (χ4n) is 3.41. The number of aromatic nitrogens is 1. The molecule has 0 aliphatic heterocycles. The number of hydrogen-bond donors (Lipinski definition) is 3. The highest BCUT2D eigenvalue weighted by atomic mass is 16.3. The van der Waals surface area contributed by atoms with Crippen molar-refractivity contribution in [1.82, 2.24) is 10.3 Å². The third-order valence-corrected chi connectivity index (χ3v) is 5.06. The molecule has 0 saturated heterocycles. The van der Waals surface area contributed by atoms with E-state index in [1.54, 1.807) is 12.1 Å². The fraction of sp³-hybridized carbons (Fsp3) is 0.261. The number of pyridine rings is 1. The minimum absolute atomic E-state index is 0.102. The summed E-state index contributed by atoms with van der Waals surface area (Å²) in [5, 5.41) is 14.4. The van der Waals surface area contributed by atoms with Gasteiger partial charge >= 0.3 is 0 Å². The van der Waals surface area contributed by atoms with Gasteiger partial charge in [0, 0.05) is 18.0 Å². The van der Waals surface area contributed by atoms with Crippen LogP contribution in [0.3, 0.4) is 0 Å². The van der Waals surface area contributed by atoms with Crippen LogP contribution in [0.1, 0.15) is 34.7 Å². The second-order valence-corrected chi connectivity index (χ2v) is 6.86. The Hall–Kier alpha value is -2.85. The highest BCUT2D eigenvalue weighted by Crippen LogP contribution is 2.25. The third-order valence-electron chi connectivity index (χ3n) is 5.06. The van der Waals surface area contributed by atoms with E-state index in [1.807, 2.05) is 13.0 Å². The Morgan fingerprint density at radius 3 is 2.63 bits per heavy atom. The largest absolute Gasteiger partial charge is 0.506 e. The van der Waals surface area contributed by atoms with E-state index < -0.39 is 0 Å². The topological polar surface area (TPSA) is 65.1 Å². The Labute approximate surface area is 159 Å². The first kappa shape index (κ1) is 18.9. The number of hydrogen-bond acceptors (Lipinski definition) is 3. The number of H-pyrrole nitrogens is 1. The average Bonchev–Trinajstić information content (AvgIpc) is 2.66. The second kappa shape index (κ2) is 8.23. The summed E-state index contributed by atoms with van der Waals surface area (Å²) >= 11 is 0. The Morgan fingerprint density at radius 1 is 1.07 bits per heavy atom. The average molecular weight is 362 g/mol. The third kappa shape index (κ3) is 4.12. The zero-order chi connectivity index (χ0) is 19.4. The number of rotatable bonds is 6. The molecular weight excluding hydrogens is 336 g/mol. The maximum atomic E-state index is 11.5. The van der Waals surface area contributed by atoms with Crippen molar-refractivity contribution in [2.45, 2.75) is 33.7 Å². The standard InChI is InChI=1S/C23H26N2O2/c1-4-5-19-16(3)15(2)6-7-18(19)14-24-13-12-17-8-10-21(26)23-20(17)9-11-22(27)25-23/h4-11,24,26H,12-14H2,1-3H3,(H,25,27)/b5-4-. The summed E-state index contributed by atoms with van der Waals surface area (Å²) in [7, 11) is 0. The molecule has 0 aliphatic carbocycles. The van der Waals surface area contributed by atoms with Crippen molar-refractivity contribution in [2.24, 2.45) is 0 Å². The Kier molecular flexibility index (Phi) is 5.77. The van der Waals surface area contributed by atoms with E-state index in [1.165, 1.54) is 28.3 Å². The molecule has 0 unspecified atom stereocenters. The van der Waals surface area contributed by atoms with Gasteiger partial charge in [-0.1, -0.05) is 30.4 Å². The van der Waals surface area contributed by atoms with Crippen LogP contribution in [0.2, 0.25) is 0 Å². The van der Waals surface area contributed by atoms with Gasteiger partial charge in [-0.05, 0) is 73.7 Å². The van der Waals surface area contributed by atoms with Crippen LogP contribution in [-0.2, 0) is 13.0 Å². The molecule has 1 aromatic heterocycles. The van der Waals surface area contributed by atoms with E-state index in [9.17, 15) is 9.90 Å². The fourth-order valence-corrected chi connectivity index (χ4v) is 3.41. The molecule has 4 nitrogen and oxygen atoms in total. The van der Waals surface area contributed by atoms with Crippen molar-refractivity contribution >= 4 is 17.0 Å². The summed E-state index contributed by atoms with van der Waals surface area (Å²) in [6, 6.07) is 11.2. The zero-order valence-electron chi connectivity index (χ0n) is 16.1. The molecular formula is C23H26N2O2. The van der Waals surface area contributed by atoms with Crippen LogP contribution in [0.4, 0.5) is 0 Å². The highest BCUT2D eigenvalue weighted by Gasteiger charge is 2.08. The molecule has 3 N–H and O–H groups in total. The quantitative estimate of drug-likeness (QED) is 0.575. The molecule has 140 valence electrons. The van der Waals surface area contributed by atoms with Gasteiger partial charge in [-0.15, -0.1) is 0 Å². The van der Waals surface area contributed by atoms with Gasteiger partial charge in [0.05, 0.1) is 5.52 Å². The number of nitrogens with one attached hydrogen (secondary N) is 2. The van der Waals surface area contributed by atoms with Crippen molar-refractivity contribution in [3.05, 3.63) is 80.6 Å². The van der Waals surface area contributed by atoms with Crippen LogP contribution in [0.5, 0.6) is 5.75 Å². The molecule has 0 spiro atoms. The van der Waals surface area contributed by atoms with E-state index in [0.29, 0.717) is 5.52 Å². The van der Waals surface area contributed by atoms with Gasteiger partial charge in [-0.2, -0.15) is 0 Å². The van der Waals surface area contributed by atoms with Crippen molar-refractivity contribution in [2.75, 3.05) is 6.54 Å². The molecule has 4 heteroatoms. The zero-order valence-corrected chi connectivity index (χ0v) is 16.1. The second-order valence-electron chi connectivity index (χ2n) is 6.86. The summed E-state index contributed by atoms with van der Waals surface area (Å²) in [4.78, 5) is 14.2. The van der Waals surface area contributed by atoms with E-state index in [-0.39, 0.29) is 11.3 Å². The first-order chi connectivity index (χ1) is 13.0. The monoisotopic (exact) mass is 362 g/mol. The molecule has 0 fully saturated rings. The molecule has 3 aromatic rings. The van der Waals surface area contributed by atoms with Gasteiger partial charge in [0.15, 0.2) is 0 Å². The molecule has 3 rings (SSSR count). The Morgan fingerprint density at radius 2 is 1.85 bits per heavy atom. The molecule has 0 saturated carbocycles. The van der Waals surface area contributed by atoms with Crippen molar-refractivity contribution in [3.8, 4) is 5.75 Å². The molecule has 0 atom stereocenters. The lowest BCUT2D eigenvalue weighted by atomic mass is 9.97. The molecule has 27 heavy (non-hydrogen) atoms. The van der Waals surface area contributed by atoms with Crippen LogP contribution in [0.25, 0.3) is 17.0 Å². The van der Waals surface area contributed by atoms with Crippen LogP contribution in [-0.4, -0.2) is 16.6 Å². The summed E-state index contributed by atoms with van der Waals surface area (Å²) < 4.78 is 0. The molecule has 1 heterocycles. The van der Waals surface area contributed by atoms with Crippen LogP contribution < -0.4 is 10.9 Å². The lowest BCUT2D eigenvalue weighted by Gasteiger charge is -2.13. The number of benzene rings is 2. The SMILES string of the molecule is C/C=C\c1c(CNCCc2ccc(O)c3[nH]c(=O)ccc23)ccc(C)c1C. The Balaban J connectivity index is 1.72. The number of aryl methyl sites for hydroxylation is 1.